The summed E-state index contributed by atoms with van der Waals surface area (Å²) in [5, 5.41) is 11.5. The van der Waals surface area contributed by atoms with E-state index in [2.05, 4.69) is 10.3 Å². The predicted molar refractivity (Wildman–Crippen MR) is 126 cm³/mol. The average molecular weight is 463 g/mol. The van der Waals surface area contributed by atoms with Gasteiger partial charge >= 0.3 is 5.97 Å². The van der Waals surface area contributed by atoms with Gasteiger partial charge in [0.25, 0.3) is 5.91 Å². The topological polar surface area (TPSA) is 113 Å². The Morgan fingerprint density at radius 3 is 2.33 bits per heavy atom. The van der Waals surface area contributed by atoms with Crippen LogP contribution < -0.4 is 5.32 Å². The van der Waals surface area contributed by atoms with Crippen LogP contribution in [0.3, 0.4) is 0 Å². The molecule has 2 N–H and O–H groups in total. The molecule has 1 amide bonds. The lowest BCUT2D eigenvalue weighted by molar-refractivity contribution is -0.137. The van der Waals surface area contributed by atoms with Crippen LogP contribution in [0.4, 0.5) is 0 Å². The van der Waals surface area contributed by atoms with Gasteiger partial charge in [-0.25, -0.2) is 13.4 Å². The summed E-state index contributed by atoms with van der Waals surface area (Å²) in [7, 11) is -4.14. The summed E-state index contributed by atoms with van der Waals surface area (Å²) in [6.07, 6.45) is -0.771. The first-order valence-electron chi connectivity index (χ1n) is 10.3. The number of nitrogens with zero attached hydrogens (tertiary/aromatic N) is 1. The van der Waals surface area contributed by atoms with Crippen LogP contribution in [-0.2, 0) is 14.6 Å². The molecule has 3 aromatic carbocycles. The number of carboxylic acids is 1. The number of carbonyl (C=O) groups is 2. The van der Waals surface area contributed by atoms with Crippen molar-refractivity contribution in [3.63, 3.8) is 0 Å². The molecule has 168 valence electrons. The van der Waals surface area contributed by atoms with Gasteiger partial charge < -0.3 is 10.4 Å². The van der Waals surface area contributed by atoms with Crippen LogP contribution in [0.1, 0.15) is 27.9 Å². The molecule has 0 saturated heterocycles. The first-order chi connectivity index (χ1) is 15.6. The number of aromatic nitrogens is 1. The number of benzene rings is 3. The van der Waals surface area contributed by atoms with Crippen molar-refractivity contribution in [3.8, 4) is 0 Å². The SMILES string of the molecule is Cc1ccc(S(=O)(=O)C(CC(=O)O)NC(=O)c2cccc3nc4ccc(C)cc4cc23)cc1. The molecule has 7 nitrogen and oxygen atoms in total. The Labute approximate surface area is 191 Å². The van der Waals surface area contributed by atoms with Gasteiger partial charge in [-0.15, -0.1) is 0 Å². The first-order valence-corrected chi connectivity index (χ1v) is 11.8. The van der Waals surface area contributed by atoms with Gasteiger partial charge in [0, 0.05) is 16.3 Å². The van der Waals surface area contributed by atoms with E-state index in [1.54, 1.807) is 30.3 Å². The number of carbonyl (C=O) groups excluding carboxylic acids is 1. The van der Waals surface area contributed by atoms with E-state index in [0.29, 0.717) is 10.9 Å². The van der Waals surface area contributed by atoms with Crippen molar-refractivity contribution >= 4 is 43.5 Å². The number of carboxylic acid groups (broad SMARTS) is 1. The molecule has 1 aromatic heterocycles. The maximum atomic E-state index is 13.2. The number of aryl methyl sites for hydroxylation is 2. The molecule has 0 aliphatic rings. The second-order valence-electron chi connectivity index (χ2n) is 7.97. The highest BCUT2D eigenvalue weighted by Gasteiger charge is 2.32. The third-order valence-corrected chi connectivity index (χ3v) is 7.39. The van der Waals surface area contributed by atoms with Crippen molar-refractivity contribution in [2.45, 2.75) is 30.5 Å². The normalized spacial score (nSPS) is 12.5. The van der Waals surface area contributed by atoms with Gasteiger partial charge in [-0.3, -0.25) is 9.59 Å². The van der Waals surface area contributed by atoms with E-state index in [1.165, 1.54) is 12.1 Å². The number of hydrogen-bond acceptors (Lipinski definition) is 5. The summed E-state index contributed by atoms with van der Waals surface area (Å²) in [6.45, 7) is 3.77. The third kappa shape index (κ3) is 4.56. The van der Waals surface area contributed by atoms with Crippen LogP contribution >= 0.6 is 0 Å². The van der Waals surface area contributed by atoms with Crippen molar-refractivity contribution in [1.29, 1.82) is 0 Å². The number of pyridine rings is 1. The molecule has 0 aliphatic carbocycles. The smallest absolute Gasteiger partial charge is 0.306 e. The second-order valence-corrected chi connectivity index (χ2v) is 10.1. The van der Waals surface area contributed by atoms with Gasteiger partial charge in [0.15, 0.2) is 9.84 Å². The minimum atomic E-state index is -4.14. The Hall–Kier alpha value is -3.78. The standard InChI is InChI=1S/C25H22N2O5S/c1-15-6-9-18(10-7-15)33(31,32)23(14-24(28)29)27-25(30)19-4-3-5-22-20(19)13-17-12-16(2)8-11-21(17)26-22/h3-13,23H,14H2,1-2H3,(H,27,30)(H,28,29). The molecule has 8 heteroatoms. The monoisotopic (exact) mass is 462 g/mol. The fourth-order valence-electron chi connectivity index (χ4n) is 3.69. The number of nitrogens with one attached hydrogen (secondary N) is 1. The van der Waals surface area contributed by atoms with Crippen molar-refractivity contribution in [1.82, 2.24) is 10.3 Å². The van der Waals surface area contributed by atoms with Crippen molar-refractivity contribution in [2.75, 3.05) is 0 Å². The Morgan fingerprint density at radius 2 is 1.64 bits per heavy atom. The molecule has 4 rings (SSSR count). The molecule has 0 radical (unpaired) electrons. The number of amides is 1. The molecule has 1 heterocycles. The molecule has 4 aromatic rings. The molecule has 33 heavy (non-hydrogen) atoms. The summed E-state index contributed by atoms with van der Waals surface area (Å²) in [5.41, 5.74) is 3.47. The maximum Gasteiger partial charge on any atom is 0.306 e. The van der Waals surface area contributed by atoms with E-state index in [-0.39, 0.29) is 10.5 Å². The predicted octanol–water partition coefficient (Wildman–Crippen LogP) is 4.01. The molecule has 0 saturated carbocycles. The number of aliphatic carboxylic acids is 1. The third-order valence-electron chi connectivity index (χ3n) is 5.43. The van der Waals surface area contributed by atoms with Crippen LogP contribution in [0.5, 0.6) is 0 Å². The largest absolute Gasteiger partial charge is 0.481 e. The highest BCUT2D eigenvalue weighted by Crippen LogP contribution is 2.25. The van der Waals surface area contributed by atoms with Gasteiger partial charge in [-0.1, -0.05) is 35.4 Å². The molecular weight excluding hydrogens is 440 g/mol. The molecule has 1 atom stereocenters. The molecule has 1 unspecified atom stereocenters. The van der Waals surface area contributed by atoms with E-state index in [9.17, 15) is 23.1 Å². The Balaban J connectivity index is 1.75. The second kappa shape index (κ2) is 8.63. The zero-order valence-electron chi connectivity index (χ0n) is 18.1. The fourth-order valence-corrected chi connectivity index (χ4v) is 5.16. The zero-order valence-corrected chi connectivity index (χ0v) is 18.9. The van der Waals surface area contributed by atoms with Gasteiger partial charge in [0.2, 0.25) is 0 Å². The van der Waals surface area contributed by atoms with Crippen LogP contribution in [0, 0.1) is 13.8 Å². The highest BCUT2D eigenvalue weighted by molar-refractivity contribution is 7.92. The van der Waals surface area contributed by atoms with Crippen LogP contribution in [0.15, 0.2) is 71.6 Å². The van der Waals surface area contributed by atoms with Crippen molar-refractivity contribution in [2.24, 2.45) is 0 Å². The summed E-state index contributed by atoms with van der Waals surface area (Å²) in [4.78, 5) is 29.2. The lowest BCUT2D eigenvalue weighted by atomic mass is 10.0. The van der Waals surface area contributed by atoms with E-state index in [0.717, 1.165) is 22.0 Å². The van der Waals surface area contributed by atoms with E-state index in [1.807, 2.05) is 38.1 Å². The lowest BCUT2D eigenvalue weighted by Gasteiger charge is -2.18. The zero-order chi connectivity index (χ0) is 23.8. The summed E-state index contributed by atoms with van der Waals surface area (Å²) >= 11 is 0. The quantitative estimate of drug-likeness (QED) is 0.419. The molecule has 0 fully saturated rings. The van der Waals surface area contributed by atoms with Gasteiger partial charge in [-0.2, -0.15) is 0 Å². The van der Waals surface area contributed by atoms with E-state index >= 15 is 0 Å². The van der Waals surface area contributed by atoms with E-state index in [4.69, 9.17) is 0 Å². The first kappa shape index (κ1) is 22.4. The molecule has 0 bridgehead atoms. The van der Waals surface area contributed by atoms with Gasteiger partial charge in [0.1, 0.15) is 5.37 Å². The average Bonchev–Trinajstić information content (AvgIpc) is 2.76. The minimum absolute atomic E-state index is 0.0549. The summed E-state index contributed by atoms with van der Waals surface area (Å²) in [5.74, 6) is -2.02. The highest BCUT2D eigenvalue weighted by atomic mass is 32.2. The molecular formula is C25H22N2O5S. The lowest BCUT2D eigenvalue weighted by Crippen LogP contribution is -2.42. The number of hydrogen-bond donors (Lipinski definition) is 2. The maximum absolute atomic E-state index is 13.2. The summed E-state index contributed by atoms with van der Waals surface area (Å²) < 4.78 is 26.3. The number of fused-ring (bicyclic) bond motifs is 2. The Kier molecular flexibility index (Phi) is 5.86. The fraction of sp³-hybridized carbons (Fsp3) is 0.160. The van der Waals surface area contributed by atoms with Gasteiger partial charge in [-0.05, 0) is 56.3 Å². The molecule has 0 spiro atoms. The van der Waals surface area contributed by atoms with Crippen molar-refractivity contribution < 1.29 is 23.1 Å². The minimum Gasteiger partial charge on any atom is -0.481 e. The van der Waals surface area contributed by atoms with Gasteiger partial charge in [0.05, 0.1) is 22.3 Å². The van der Waals surface area contributed by atoms with Crippen LogP contribution in [0.2, 0.25) is 0 Å². The number of sulfone groups is 1. The Bertz CT molecular complexity index is 1500. The summed E-state index contributed by atoms with van der Waals surface area (Å²) in [6, 6.07) is 18.7. The number of rotatable bonds is 6. The van der Waals surface area contributed by atoms with Crippen LogP contribution in [0.25, 0.3) is 21.8 Å². The molecule has 0 aliphatic heterocycles. The van der Waals surface area contributed by atoms with E-state index < -0.39 is 33.5 Å². The van der Waals surface area contributed by atoms with Crippen molar-refractivity contribution in [3.05, 3.63) is 83.4 Å². The Morgan fingerprint density at radius 1 is 0.939 bits per heavy atom. The van der Waals surface area contributed by atoms with Crippen LogP contribution in [-0.4, -0.2) is 35.8 Å².